The number of piperazine rings is 1. The van der Waals surface area contributed by atoms with E-state index in [1.807, 2.05) is 5.38 Å². The lowest BCUT2D eigenvalue weighted by Crippen LogP contribution is -2.54. The highest BCUT2D eigenvalue weighted by atomic mass is 32.2. The second-order valence-corrected chi connectivity index (χ2v) is 8.59. The van der Waals surface area contributed by atoms with Gasteiger partial charge in [-0.2, -0.15) is 17.0 Å². The largest absolute Gasteiger partial charge is 0.345 e. The lowest BCUT2D eigenvalue weighted by molar-refractivity contribution is 0.260. The fourth-order valence-electron chi connectivity index (χ4n) is 2.86. The molecule has 0 unspecified atom stereocenters. The average molecular weight is 330 g/mol. The van der Waals surface area contributed by atoms with E-state index in [1.54, 1.807) is 26.1 Å². The smallest absolute Gasteiger partial charge is 0.282 e. The van der Waals surface area contributed by atoms with Crippen LogP contribution < -0.4 is 4.90 Å². The van der Waals surface area contributed by atoms with Crippen molar-refractivity contribution in [3.63, 3.8) is 0 Å². The molecule has 0 amide bonds. The lowest BCUT2D eigenvalue weighted by Gasteiger charge is -2.38. The van der Waals surface area contributed by atoms with Gasteiger partial charge in [0.1, 0.15) is 0 Å². The van der Waals surface area contributed by atoms with Gasteiger partial charge in [-0.05, 0) is 18.8 Å². The quantitative estimate of drug-likeness (QED) is 0.837. The van der Waals surface area contributed by atoms with E-state index in [0.717, 1.165) is 31.1 Å². The minimum Gasteiger partial charge on any atom is -0.345 e. The van der Waals surface area contributed by atoms with Crippen molar-refractivity contribution in [2.45, 2.75) is 19.8 Å². The number of hydrogen-bond donors (Lipinski definition) is 0. The van der Waals surface area contributed by atoms with Gasteiger partial charge in [0, 0.05) is 50.8 Å². The number of nitrogens with zero attached hydrogens (tertiary/aromatic N) is 4. The van der Waals surface area contributed by atoms with Gasteiger partial charge < -0.3 is 4.90 Å². The predicted molar refractivity (Wildman–Crippen MR) is 84.8 cm³/mol. The molecule has 0 saturated carbocycles. The van der Waals surface area contributed by atoms with Gasteiger partial charge in [0.15, 0.2) is 5.13 Å². The summed E-state index contributed by atoms with van der Waals surface area (Å²) in [6, 6.07) is 0. The van der Waals surface area contributed by atoms with Crippen LogP contribution in [0.4, 0.5) is 5.13 Å². The molecule has 0 atom stereocenters. The maximum atomic E-state index is 12.7. The fourth-order valence-corrected chi connectivity index (χ4v) is 5.18. The molecule has 6 nitrogen and oxygen atoms in total. The Labute approximate surface area is 130 Å². The summed E-state index contributed by atoms with van der Waals surface area (Å²) in [5.74, 6) is 0.637. The van der Waals surface area contributed by atoms with Crippen LogP contribution in [0.15, 0.2) is 11.6 Å². The zero-order valence-electron chi connectivity index (χ0n) is 12.3. The molecule has 1 aromatic rings. The van der Waals surface area contributed by atoms with Crippen LogP contribution in [-0.2, 0) is 10.2 Å². The molecule has 2 aliphatic rings. The highest BCUT2D eigenvalue weighted by Gasteiger charge is 2.34. The molecule has 8 heteroatoms. The van der Waals surface area contributed by atoms with Gasteiger partial charge in [0.2, 0.25) is 0 Å². The average Bonchev–Trinajstić information content (AvgIpc) is 3.02. The molecule has 0 aromatic carbocycles. The summed E-state index contributed by atoms with van der Waals surface area (Å²) in [4.78, 5) is 6.45. The van der Waals surface area contributed by atoms with E-state index >= 15 is 0 Å². The van der Waals surface area contributed by atoms with Gasteiger partial charge in [-0.3, -0.25) is 0 Å². The molecule has 3 heterocycles. The molecule has 21 heavy (non-hydrogen) atoms. The van der Waals surface area contributed by atoms with E-state index in [2.05, 4.69) is 16.8 Å². The fraction of sp³-hybridized carbons (Fsp3) is 0.769. The Bertz CT molecular complexity index is 545. The number of hydrogen-bond acceptors (Lipinski definition) is 5. The van der Waals surface area contributed by atoms with Crippen molar-refractivity contribution < 1.29 is 8.42 Å². The van der Waals surface area contributed by atoms with Gasteiger partial charge in [-0.25, -0.2) is 4.98 Å². The summed E-state index contributed by atoms with van der Waals surface area (Å²) < 4.78 is 28.6. The zero-order chi connectivity index (χ0) is 14.9. The van der Waals surface area contributed by atoms with Crippen LogP contribution in [0.2, 0.25) is 0 Å². The highest BCUT2D eigenvalue weighted by Crippen LogP contribution is 2.23. The van der Waals surface area contributed by atoms with Crippen molar-refractivity contribution in [2.24, 2.45) is 5.92 Å². The Morgan fingerprint density at radius 1 is 1.10 bits per heavy atom. The molecule has 2 aliphatic heterocycles. The lowest BCUT2D eigenvalue weighted by atomic mass is 10.0. The molecule has 0 aliphatic carbocycles. The van der Waals surface area contributed by atoms with Crippen molar-refractivity contribution >= 4 is 26.7 Å². The maximum absolute atomic E-state index is 12.7. The Balaban J connectivity index is 1.60. The van der Waals surface area contributed by atoms with Crippen LogP contribution >= 0.6 is 11.3 Å². The van der Waals surface area contributed by atoms with Crippen LogP contribution in [0.25, 0.3) is 0 Å². The summed E-state index contributed by atoms with van der Waals surface area (Å²) in [7, 11) is -3.28. The van der Waals surface area contributed by atoms with Crippen molar-refractivity contribution in [1.82, 2.24) is 13.6 Å². The monoisotopic (exact) mass is 330 g/mol. The van der Waals surface area contributed by atoms with E-state index in [9.17, 15) is 8.42 Å². The van der Waals surface area contributed by atoms with E-state index in [1.165, 1.54) is 0 Å². The minimum absolute atomic E-state index is 0.550. The van der Waals surface area contributed by atoms with E-state index in [-0.39, 0.29) is 0 Å². The van der Waals surface area contributed by atoms with Crippen molar-refractivity contribution in [3.8, 4) is 0 Å². The summed E-state index contributed by atoms with van der Waals surface area (Å²) >= 11 is 1.60. The summed E-state index contributed by atoms with van der Waals surface area (Å²) in [6.07, 6.45) is 3.73. The van der Waals surface area contributed by atoms with Crippen molar-refractivity contribution in [3.05, 3.63) is 11.6 Å². The van der Waals surface area contributed by atoms with Crippen LogP contribution in [0.3, 0.4) is 0 Å². The molecular weight excluding hydrogens is 308 g/mol. The van der Waals surface area contributed by atoms with Crippen LogP contribution in [0, 0.1) is 5.92 Å². The molecule has 118 valence electrons. The summed E-state index contributed by atoms with van der Waals surface area (Å²) in [6.45, 7) is 6.05. The predicted octanol–water partition coefficient (Wildman–Crippen LogP) is 1.24. The highest BCUT2D eigenvalue weighted by molar-refractivity contribution is 7.86. The van der Waals surface area contributed by atoms with Crippen LogP contribution in [0.5, 0.6) is 0 Å². The molecule has 0 spiro atoms. The van der Waals surface area contributed by atoms with Crippen molar-refractivity contribution in [2.75, 3.05) is 44.2 Å². The van der Waals surface area contributed by atoms with Gasteiger partial charge in [-0.1, -0.05) is 6.92 Å². The molecule has 1 aromatic heterocycles. The Hall–Kier alpha value is -0.700. The van der Waals surface area contributed by atoms with Gasteiger partial charge >= 0.3 is 0 Å². The third-order valence-electron chi connectivity index (χ3n) is 4.32. The van der Waals surface area contributed by atoms with Crippen LogP contribution in [-0.4, -0.2) is 61.3 Å². The summed E-state index contributed by atoms with van der Waals surface area (Å²) in [5.41, 5.74) is 0. The van der Waals surface area contributed by atoms with E-state index in [4.69, 9.17) is 0 Å². The second kappa shape index (κ2) is 6.20. The molecule has 2 saturated heterocycles. The maximum Gasteiger partial charge on any atom is 0.282 e. The normalized spacial score (nSPS) is 23.6. The first-order valence-electron chi connectivity index (χ1n) is 7.47. The van der Waals surface area contributed by atoms with E-state index < -0.39 is 10.2 Å². The Kier molecular flexibility index (Phi) is 4.49. The molecule has 0 radical (unpaired) electrons. The van der Waals surface area contributed by atoms with E-state index in [0.29, 0.717) is 32.1 Å². The number of rotatable bonds is 3. The standard InChI is InChI=1S/C13H22N4O2S2/c1-12-2-5-16(6-3-12)21(18,19)17-9-7-15(8-10-17)13-14-4-11-20-13/h4,11-12H,2-3,5-10H2,1H3. The third kappa shape index (κ3) is 3.23. The van der Waals surface area contributed by atoms with Crippen LogP contribution in [0.1, 0.15) is 19.8 Å². The SMILES string of the molecule is CC1CCN(S(=O)(=O)N2CCN(c3nccs3)CC2)CC1. The Morgan fingerprint density at radius 2 is 1.71 bits per heavy atom. The number of piperidine rings is 1. The topological polar surface area (TPSA) is 56.8 Å². The minimum atomic E-state index is -3.28. The zero-order valence-corrected chi connectivity index (χ0v) is 13.9. The van der Waals surface area contributed by atoms with Gasteiger partial charge in [0.05, 0.1) is 0 Å². The first-order chi connectivity index (χ1) is 10.1. The molecule has 0 bridgehead atoms. The van der Waals surface area contributed by atoms with Gasteiger partial charge in [-0.15, -0.1) is 11.3 Å². The first-order valence-corrected chi connectivity index (χ1v) is 9.74. The summed E-state index contributed by atoms with van der Waals surface area (Å²) in [5, 5.41) is 2.94. The molecular formula is C13H22N4O2S2. The number of thiazole rings is 1. The third-order valence-corrected chi connectivity index (χ3v) is 7.19. The Morgan fingerprint density at radius 3 is 2.29 bits per heavy atom. The molecule has 0 N–H and O–H groups in total. The second-order valence-electron chi connectivity index (χ2n) is 5.79. The first kappa shape index (κ1) is 15.2. The molecule has 2 fully saturated rings. The molecule has 3 rings (SSSR count). The van der Waals surface area contributed by atoms with Crippen molar-refractivity contribution in [1.29, 1.82) is 0 Å². The van der Waals surface area contributed by atoms with Gasteiger partial charge in [0.25, 0.3) is 10.2 Å². The number of anilines is 1. The number of aromatic nitrogens is 1.